The van der Waals surface area contributed by atoms with Crippen LogP contribution >= 0.6 is 0 Å². The molecule has 0 amide bonds. The molecule has 2 aromatic carbocycles. The second kappa shape index (κ2) is 18.5. The number of nitrogens with zero attached hydrogens (tertiary/aromatic N) is 2. The minimum absolute atomic E-state index is 0. The van der Waals surface area contributed by atoms with Gasteiger partial charge < -0.3 is 28.1 Å². The van der Waals surface area contributed by atoms with Gasteiger partial charge in [-0.15, -0.1) is 0 Å². The third-order valence-electron chi connectivity index (χ3n) is 6.24. The fraction of sp³-hybridized carbons (Fsp3) is 0.500. The fourth-order valence-electron chi connectivity index (χ4n) is 3.81. The second-order valence-corrected chi connectivity index (χ2v) is 14.6. The van der Waals surface area contributed by atoms with Gasteiger partial charge in [0.25, 0.3) is 0 Å². The first-order valence-electron chi connectivity index (χ1n) is 12.4. The van der Waals surface area contributed by atoms with Crippen LogP contribution in [0.5, 0.6) is 11.5 Å². The van der Waals surface area contributed by atoms with Crippen LogP contribution in [0.4, 0.5) is 0 Å². The van der Waals surface area contributed by atoms with E-state index in [2.05, 4.69) is 0 Å². The van der Waals surface area contributed by atoms with E-state index in [1.165, 1.54) is 40.7 Å². The molecule has 230 valence electrons. The van der Waals surface area contributed by atoms with E-state index in [-0.39, 0.29) is 141 Å². The zero-order chi connectivity index (χ0) is 30.3. The van der Waals surface area contributed by atoms with Gasteiger partial charge in [0.05, 0.1) is 23.0 Å². The Morgan fingerprint density at radius 3 is 1.58 bits per heavy atom. The molecule has 0 N–H and O–H groups in total. The van der Waals surface area contributed by atoms with E-state index < -0.39 is 44.9 Å². The van der Waals surface area contributed by atoms with Crippen LogP contribution in [0.25, 0.3) is 0 Å². The summed E-state index contributed by atoms with van der Waals surface area (Å²) in [6.07, 6.45) is 0.558. The van der Waals surface area contributed by atoms with Crippen molar-refractivity contribution in [2.75, 3.05) is 53.0 Å². The summed E-state index contributed by atoms with van der Waals surface area (Å²) in [5.74, 6) is 0.320. The first-order chi connectivity index (χ1) is 19.1. The molecule has 1 unspecified atom stereocenters. The molecule has 1 atom stereocenters. The standard InChI is InChI=1S/C24H34N2O12S3.2K/c1-24(2)26(41(24,33)34)11-5-10-25(12-14-35-18-37-20-6-3-8-22(16-20)39(27,28)29)13-15-36-19-38-21-7-4-9-23(17-21)40(30,31)32;;/h3-4,6-9,16-17H,5,10-15,18-19H2,1-2H3,(H,27,28,29)(H,30,31,32);;/q;2*+1/p-2. The molecule has 0 saturated carbocycles. The summed E-state index contributed by atoms with van der Waals surface area (Å²) in [4.78, 5) is 0.289. The van der Waals surface area contributed by atoms with Gasteiger partial charge in [-0.2, -0.15) is 4.31 Å². The number of ether oxygens (including phenoxy) is 4. The molecule has 3 rings (SSSR count). The van der Waals surface area contributed by atoms with Crippen molar-refractivity contribution in [3.63, 3.8) is 0 Å². The van der Waals surface area contributed by atoms with E-state index in [9.17, 15) is 34.4 Å². The van der Waals surface area contributed by atoms with Crippen molar-refractivity contribution in [2.24, 2.45) is 0 Å². The Morgan fingerprint density at radius 1 is 0.791 bits per heavy atom. The van der Waals surface area contributed by atoms with Gasteiger partial charge in [0.2, 0.25) is 10.0 Å². The van der Waals surface area contributed by atoms with Gasteiger partial charge in [-0.1, -0.05) is 12.1 Å². The van der Waals surface area contributed by atoms with Crippen molar-refractivity contribution >= 4 is 30.3 Å². The van der Waals surface area contributed by atoms with Crippen LogP contribution in [-0.2, 0) is 39.7 Å². The third kappa shape index (κ3) is 13.2. The van der Waals surface area contributed by atoms with Crippen LogP contribution in [0, 0.1) is 0 Å². The monoisotopic (exact) mass is 714 g/mol. The van der Waals surface area contributed by atoms with Crippen molar-refractivity contribution < 1.29 is 156 Å². The summed E-state index contributed by atoms with van der Waals surface area (Å²) in [6, 6.07) is 10.3. The molecule has 1 aliphatic rings. The molecule has 0 bridgehead atoms. The van der Waals surface area contributed by atoms with E-state index in [1.807, 2.05) is 4.90 Å². The fourth-order valence-corrected chi connectivity index (χ4v) is 6.43. The minimum Gasteiger partial charge on any atom is -0.744 e. The average molecular weight is 715 g/mol. The normalized spacial score (nSPS) is 17.0. The van der Waals surface area contributed by atoms with Gasteiger partial charge in [0.1, 0.15) is 36.6 Å². The van der Waals surface area contributed by atoms with Crippen molar-refractivity contribution in [3.05, 3.63) is 48.5 Å². The van der Waals surface area contributed by atoms with E-state index >= 15 is 0 Å². The summed E-state index contributed by atoms with van der Waals surface area (Å²) in [5, 5.41) is 0. The van der Waals surface area contributed by atoms with Gasteiger partial charge in [-0.25, -0.2) is 25.3 Å². The molecule has 2 aromatic rings. The quantitative estimate of drug-likeness (QED) is 0.0469. The van der Waals surface area contributed by atoms with Crippen molar-refractivity contribution in [3.8, 4) is 11.5 Å². The zero-order valence-corrected chi connectivity index (χ0v) is 33.2. The Bertz CT molecular complexity index is 1420. The molecule has 0 aromatic heterocycles. The second-order valence-electron chi connectivity index (χ2n) is 9.42. The average Bonchev–Trinajstić information content (AvgIpc) is 3.29. The number of rotatable bonds is 18. The van der Waals surface area contributed by atoms with Crippen molar-refractivity contribution in [1.82, 2.24) is 9.21 Å². The van der Waals surface area contributed by atoms with Crippen molar-refractivity contribution in [1.29, 1.82) is 0 Å². The van der Waals surface area contributed by atoms with Crippen LogP contribution in [0.1, 0.15) is 20.3 Å². The largest absolute Gasteiger partial charge is 1.00 e. The molecular weight excluding hydrogens is 683 g/mol. The van der Waals surface area contributed by atoms with Gasteiger partial charge in [-0.05, 0) is 63.2 Å². The van der Waals surface area contributed by atoms with Gasteiger partial charge in [0, 0.05) is 19.6 Å². The molecule has 1 saturated heterocycles. The summed E-state index contributed by atoms with van der Waals surface area (Å²) in [6.45, 7) is 5.10. The molecule has 0 spiro atoms. The predicted molar refractivity (Wildman–Crippen MR) is 142 cm³/mol. The number of benzene rings is 2. The Hall–Kier alpha value is 0.923. The molecule has 14 nitrogen and oxygen atoms in total. The molecule has 1 fully saturated rings. The van der Waals surface area contributed by atoms with Crippen LogP contribution in [0.3, 0.4) is 0 Å². The third-order valence-corrected chi connectivity index (χ3v) is 10.4. The summed E-state index contributed by atoms with van der Waals surface area (Å²) < 4.78 is 114. The van der Waals surface area contributed by atoms with Crippen LogP contribution < -0.4 is 112 Å². The summed E-state index contributed by atoms with van der Waals surface area (Å²) in [5.41, 5.74) is 0. The summed E-state index contributed by atoms with van der Waals surface area (Å²) in [7, 11) is -12.5. The maximum absolute atomic E-state index is 12.0. The Kier molecular flexibility index (Phi) is 18.0. The van der Waals surface area contributed by atoms with E-state index in [0.717, 1.165) is 12.1 Å². The van der Waals surface area contributed by atoms with E-state index in [0.29, 0.717) is 32.6 Å². The molecule has 19 heteroatoms. The minimum atomic E-state index is -4.61. The Morgan fingerprint density at radius 2 is 1.21 bits per heavy atom. The Balaban J connectivity index is 0.00000462. The number of hydrogen-bond donors (Lipinski definition) is 0. The molecule has 43 heavy (non-hydrogen) atoms. The van der Waals surface area contributed by atoms with Crippen LogP contribution in [-0.4, -0.2) is 101 Å². The molecule has 0 aliphatic carbocycles. The van der Waals surface area contributed by atoms with Gasteiger partial charge in [-0.3, -0.25) is 4.90 Å². The first kappa shape index (κ1) is 41.9. The molecule has 1 heterocycles. The maximum Gasteiger partial charge on any atom is 1.00 e. The van der Waals surface area contributed by atoms with E-state index in [1.54, 1.807) is 13.8 Å². The molecule has 1 aliphatic heterocycles. The molecule has 0 radical (unpaired) electrons. The smallest absolute Gasteiger partial charge is 0.744 e. The van der Waals surface area contributed by atoms with Crippen LogP contribution in [0.2, 0.25) is 0 Å². The first-order valence-corrected chi connectivity index (χ1v) is 16.7. The van der Waals surface area contributed by atoms with Crippen LogP contribution in [0.15, 0.2) is 58.3 Å². The molecular formula is C24H32K2N2O12S3. The topological polar surface area (TPSA) is 192 Å². The maximum atomic E-state index is 12.0. The SMILES string of the molecule is CC1(C)N(CCCN(CCOCOc2cccc(S(=O)(=O)[O-])c2)CCOCOc2cccc(S(=O)(=O)[O-])c2)S1(=O)=O.[K+].[K+]. The Labute approximate surface area is 338 Å². The van der Waals surface area contributed by atoms with Crippen molar-refractivity contribution in [2.45, 2.75) is 34.9 Å². The number of hydrogen-bond acceptors (Lipinski definition) is 13. The zero-order valence-electron chi connectivity index (χ0n) is 24.5. The summed E-state index contributed by atoms with van der Waals surface area (Å²) >= 11 is 0. The van der Waals surface area contributed by atoms with Gasteiger partial charge in [0.15, 0.2) is 13.6 Å². The number of sulfonamides is 1. The van der Waals surface area contributed by atoms with Gasteiger partial charge >= 0.3 is 103 Å². The van der Waals surface area contributed by atoms with E-state index in [4.69, 9.17) is 18.9 Å². The predicted octanol–water partition coefficient (Wildman–Crippen LogP) is -5.02.